The molecule has 0 unspecified atom stereocenters. The SMILES string of the molecule is O=S(=O)(CCN1CCCOCC1)N(Cc1ccc(C2=NNCO2)cc1)c1ccccc1. The average Bonchev–Trinajstić information content (AvgIpc) is 3.21. The molecule has 0 bridgehead atoms. The van der Waals surface area contributed by atoms with Crippen LogP contribution in [-0.2, 0) is 26.0 Å². The minimum absolute atomic E-state index is 0.0658. The van der Waals surface area contributed by atoms with Crippen LogP contribution in [0.1, 0.15) is 17.5 Å². The van der Waals surface area contributed by atoms with Crippen LogP contribution in [0.5, 0.6) is 0 Å². The lowest BCUT2D eigenvalue weighted by molar-refractivity contribution is 0.142. The van der Waals surface area contributed by atoms with Gasteiger partial charge in [-0.1, -0.05) is 30.3 Å². The molecular weight excluding hydrogens is 416 g/mol. The Hall–Kier alpha value is -2.62. The highest BCUT2D eigenvalue weighted by Crippen LogP contribution is 2.22. The Morgan fingerprint density at radius 3 is 2.58 bits per heavy atom. The molecule has 1 saturated heterocycles. The van der Waals surface area contributed by atoms with Crippen LogP contribution in [0.4, 0.5) is 5.69 Å². The third-order valence-corrected chi connectivity index (χ3v) is 7.05. The molecule has 0 amide bonds. The van der Waals surface area contributed by atoms with Gasteiger partial charge in [0.25, 0.3) is 0 Å². The van der Waals surface area contributed by atoms with Crippen LogP contribution >= 0.6 is 0 Å². The number of benzene rings is 2. The number of rotatable bonds is 8. The third kappa shape index (κ3) is 5.75. The van der Waals surface area contributed by atoms with Gasteiger partial charge < -0.3 is 9.47 Å². The summed E-state index contributed by atoms with van der Waals surface area (Å²) in [6, 6.07) is 16.9. The van der Waals surface area contributed by atoms with Crippen LogP contribution < -0.4 is 9.73 Å². The van der Waals surface area contributed by atoms with Crippen molar-refractivity contribution in [3.05, 3.63) is 65.7 Å². The topological polar surface area (TPSA) is 83.5 Å². The Kier molecular flexibility index (Phi) is 7.06. The molecule has 4 rings (SSSR count). The Bertz CT molecular complexity index is 972. The highest BCUT2D eigenvalue weighted by atomic mass is 32.2. The number of nitrogens with one attached hydrogen (secondary N) is 1. The Morgan fingerprint density at radius 1 is 1.03 bits per heavy atom. The van der Waals surface area contributed by atoms with Gasteiger partial charge in [-0.15, -0.1) is 5.10 Å². The fraction of sp³-hybridized carbons (Fsp3) is 0.409. The first-order valence-electron chi connectivity index (χ1n) is 10.5. The maximum absolute atomic E-state index is 13.4. The standard InChI is InChI=1S/C22H28N4O4S/c27-31(28,16-13-25-11-4-14-29-15-12-25)26(21-5-2-1-3-6-21)17-19-7-9-20(10-8-19)22-24-23-18-30-22/h1-3,5-10,23H,4,11-18H2. The van der Waals surface area contributed by atoms with Gasteiger partial charge in [0, 0.05) is 31.8 Å². The highest BCUT2D eigenvalue weighted by Gasteiger charge is 2.24. The quantitative estimate of drug-likeness (QED) is 0.671. The van der Waals surface area contributed by atoms with Crippen molar-refractivity contribution in [3.8, 4) is 0 Å². The summed E-state index contributed by atoms with van der Waals surface area (Å²) in [4.78, 5) is 2.17. The molecule has 1 fully saturated rings. The van der Waals surface area contributed by atoms with Crippen LogP contribution in [0.15, 0.2) is 59.7 Å². The van der Waals surface area contributed by atoms with E-state index in [1.165, 1.54) is 4.31 Å². The molecule has 2 aromatic carbocycles. The molecule has 1 N–H and O–H groups in total. The predicted octanol–water partition coefficient (Wildman–Crippen LogP) is 1.98. The van der Waals surface area contributed by atoms with E-state index in [2.05, 4.69) is 15.4 Å². The van der Waals surface area contributed by atoms with Crippen LogP contribution in [-0.4, -0.2) is 64.5 Å². The average molecular weight is 445 g/mol. The van der Waals surface area contributed by atoms with E-state index in [4.69, 9.17) is 9.47 Å². The van der Waals surface area contributed by atoms with Gasteiger partial charge in [0.05, 0.1) is 24.6 Å². The lowest BCUT2D eigenvalue weighted by Crippen LogP contribution is -2.38. The number of sulfonamides is 1. The summed E-state index contributed by atoms with van der Waals surface area (Å²) >= 11 is 0. The molecule has 0 atom stereocenters. The summed E-state index contributed by atoms with van der Waals surface area (Å²) in [5.41, 5.74) is 5.18. The van der Waals surface area contributed by atoms with Crippen molar-refractivity contribution in [2.45, 2.75) is 13.0 Å². The van der Waals surface area contributed by atoms with Crippen molar-refractivity contribution >= 4 is 21.6 Å². The van der Waals surface area contributed by atoms with E-state index >= 15 is 0 Å². The van der Waals surface area contributed by atoms with E-state index in [1.54, 1.807) is 0 Å². The zero-order chi connectivity index (χ0) is 21.5. The van der Waals surface area contributed by atoms with E-state index in [0.29, 0.717) is 31.5 Å². The zero-order valence-corrected chi connectivity index (χ0v) is 18.3. The number of hydrogen-bond donors (Lipinski definition) is 1. The molecule has 0 spiro atoms. The Morgan fingerprint density at radius 2 is 1.84 bits per heavy atom. The summed E-state index contributed by atoms with van der Waals surface area (Å²) in [7, 11) is -3.52. The number of hydrazone groups is 1. The van der Waals surface area contributed by atoms with Crippen molar-refractivity contribution in [1.29, 1.82) is 0 Å². The zero-order valence-electron chi connectivity index (χ0n) is 17.4. The highest BCUT2D eigenvalue weighted by molar-refractivity contribution is 7.92. The number of anilines is 1. The Labute approximate surface area is 183 Å². The normalized spacial score (nSPS) is 17.4. The van der Waals surface area contributed by atoms with Crippen molar-refractivity contribution in [1.82, 2.24) is 10.3 Å². The summed E-state index contributed by atoms with van der Waals surface area (Å²) in [6.07, 6.45) is 0.930. The molecule has 0 saturated carbocycles. The molecule has 0 aromatic heterocycles. The summed E-state index contributed by atoms with van der Waals surface area (Å²) in [5, 5.41) is 4.08. The van der Waals surface area contributed by atoms with Crippen LogP contribution in [0, 0.1) is 0 Å². The number of ether oxygens (including phenoxy) is 2. The second-order valence-electron chi connectivity index (χ2n) is 7.53. The van der Waals surface area contributed by atoms with Crippen molar-refractivity contribution < 1.29 is 17.9 Å². The van der Waals surface area contributed by atoms with Gasteiger partial charge in [-0.25, -0.2) is 8.42 Å². The van der Waals surface area contributed by atoms with E-state index in [9.17, 15) is 8.42 Å². The van der Waals surface area contributed by atoms with Gasteiger partial charge >= 0.3 is 0 Å². The van der Waals surface area contributed by atoms with E-state index in [0.717, 1.165) is 37.2 Å². The van der Waals surface area contributed by atoms with Crippen molar-refractivity contribution in [3.63, 3.8) is 0 Å². The van der Waals surface area contributed by atoms with E-state index in [1.807, 2.05) is 54.6 Å². The van der Waals surface area contributed by atoms with Crippen LogP contribution in [0.2, 0.25) is 0 Å². The molecule has 2 heterocycles. The minimum Gasteiger partial charge on any atom is -0.454 e. The fourth-order valence-corrected chi connectivity index (χ4v) is 5.12. The fourth-order valence-electron chi connectivity index (χ4n) is 3.62. The number of nitrogens with zero attached hydrogens (tertiary/aromatic N) is 3. The Balaban J connectivity index is 1.50. The van der Waals surface area contributed by atoms with Gasteiger partial charge in [0.1, 0.15) is 0 Å². The molecule has 2 aromatic rings. The maximum atomic E-state index is 13.4. The van der Waals surface area contributed by atoms with Gasteiger partial charge in [-0.2, -0.15) is 0 Å². The molecule has 0 aliphatic carbocycles. The largest absolute Gasteiger partial charge is 0.454 e. The van der Waals surface area contributed by atoms with Crippen LogP contribution in [0.25, 0.3) is 0 Å². The monoisotopic (exact) mass is 444 g/mol. The summed E-state index contributed by atoms with van der Waals surface area (Å²) in [5.74, 6) is 0.608. The lowest BCUT2D eigenvalue weighted by atomic mass is 10.1. The number of hydrogen-bond acceptors (Lipinski definition) is 7. The number of para-hydroxylation sites is 1. The third-order valence-electron chi connectivity index (χ3n) is 5.34. The lowest BCUT2D eigenvalue weighted by Gasteiger charge is -2.26. The second-order valence-corrected chi connectivity index (χ2v) is 9.54. The predicted molar refractivity (Wildman–Crippen MR) is 120 cm³/mol. The minimum atomic E-state index is -3.52. The first-order valence-corrected chi connectivity index (χ1v) is 12.1. The van der Waals surface area contributed by atoms with Gasteiger partial charge in [-0.05, 0) is 36.2 Å². The van der Waals surface area contributed by atoms with E-state index in [-0.39, 0.29) is 12.3 Å². The van der Waals surface area contributed by atoms with Crippen LogP contribution in [0.3, 0.4) is 0 Å². The molecule has 9 heteroatoms. The first kappa shape index (κ1) is 21.6. The molecule has 8 nitrogen and oxygen atoms in total. The molecule has 2 aliphatic rings. The molecule has 2 aliphatic heterocycles. The maximum Gasteiger partial charge on any atom is 0.239 e. The molecule has 31 heavy (non-hydrogen) atoms. The van der Waals surface area contributed by atoms with Crippen molar-refractivity contribution in [2.75, 3.05) is 49.6 Å². The smallest absolute Gasteiger partial charge is 0.239 e. The van der Waals surface area contributed by atoms with Gasteiger partial charge in [-0.3, -0.25) is 14.6 Å². The molecular formula is C22H28N4O4S. The molecule has 166 valence electrons. The van der Waals surface area contributed by atoms with Crippen molar-refractivity contribution in [2.24, 2.45) is 5.10 Å². The summed E-state index contributed by atoms with van der Waals surface area (Å²) in [6.45, 7) is 4.15. The second kappa shape index (κ2) is 10.1. The first-order chi connectivity index (χ1) is 15.1. The van der Waals surface area contributed by atoms with E-state index < -0.39 is 10.0 Å². The van der Waals surface area contributed by atoms with Gasteiger partial charge in [0.2, 0.25) is 15.9 Å². The van der Waals surface area contributed by atoms with Gasteiger partial charge in [0.15, 0.2) is 6.73 Å². The summed E-state index contributed by atoms with van der Waals surface area (Å²) < 4.78 is 39.1. The molecule has 0 radical (unpaired) electrons.